The molecule has 0 aliphatic carbocycles. The van der Waals surface area contributed by atoms with E-state index in [9.17, 15) is 9.18 Å². The van der Waals surface area contributed by atoms with Crippen LogP contribution in [0.25, 0.3) is 0 Å². The van der Waals surface area contributed by atoms with Crippen molar-refractivity contribution in [2.75, 3.05) is 39.1 Å². The van der Waals surface area contributed by atoms with Crippen LogP contribution in [0.15, 0.2) is 12.3 Å². The Morgan fingerprint density at radius 2 is 2.06 bits per heavy atom. The summed E-state index contributed by atoms with van der Waals surface area (Å²) in [7, 11) is 5.57. The van der Waals surface area contributed by atoms with Gasteiger partial charge < -0.3 is 14.9 Å². The molecule has 0 unspecified atom stereocenters. The Morgan fingerprint density at radius 3 is 2.59 bits per heavy atom. The van der Waals surface area contributed by atoms with E-state index in [2.05, 4.69) is 4.98 Å². The van der Waals surface area contributed by atoms with E-state index in [-0.39, 0.29) is 11.4 Å². The molecule has 0 atom stereocenters. The summed E-state index contributed by atoms with van der Waals surface area (Å²) < 4.78 is 12.9. The highest BCUT2D eigenvalue weighted by atomic mass is 19.1. The number of rotatable bonds is 5. The lowest BCUT2D eigenvalue weighted by molar-refractivity contribution is 0.0696. The van der Waals surface area contributed by atoms with Crippen LogP contribution in [0, 0.1) is 5.82 Å². The minimum Gasteiger partial charge on any atom is -0.478 e. The lowest BCUT2D eigenvalue weighted by atomic mass is 10.2. The Labute approximate surface area is 99.5 Å². The van der Waals surface area contributed by atoms with Crippen LogP contribution in [-0.2, 0) is 0 Å². The van der Waals surface area contributed by atoms with Gasteiger partial charge in [-0.25, -0.2) is 14.2 Å². The maximum Gasteiger partial charge on any atom is 0.339 e. The Hall–Kier alpha value is -1.69. The first-order valence-electron chi connectivity index (χ1n) is 5.16. The van der Waals surface area contributed by atoms with E-state index in [1.807, 2.05) is 19.0 Å². The van der Waals surface area contributed by atoms with Crippen molar-refractivity contribution in [2.45, 2.75) is 0 Å². The molecule has 1 heterocycles. The van der Waals surface area contributed by atoms with Crippen LogP contribution < -0.4 is 4.90 Å². The van der Waals surface area contributed by atoms with Gasteiger partial charge >= 0.3 is 5.97 Å². The Morgan fingerprint density at radius 1 is 1.41 bits per heavy atom. The van der Waals surface area contributed by atoms with Gasteiger partial charge in [0.1, 0.15) is 17.2 Å². The number of halogens is 1. The fourth-order valence-corrected chi connectivity index (χ4v) is 1.35. The maximum absolute atomic E-state index is 12.9. The Bertz CT molecular complexity index is 410. The zero-order valence-electron chi connectivity index (χ0n) is 10.1. The van der Waals surface area contributed by atoms with Gasteiger partial charge in [-0.15, -0.1) is 0 Å². The predicted octanol–water partition coefficient (Wildman–Crippen LogP) is 0.917. The van der Waals surface area contributed by atoms with Gasteiger partial charge in [0.2, 0.25) is 0 Å². The number of anilines is 1. The molecule has 0 radical (unpaired) electrons. The molecule has 0 saturated heterocycles. The molecule has 6 heteroatoms. The number of aromatic nitrogens is 1. The number of aromatic carboxylic acids is 1. The average molecular weight is 241 g/mol. The lowest BCUT2D eigenvalue weighted by Gasteiger charge is -2.21. The third kappa shape index (κ3) is 3.67. The third-order valence-corrected chi connectivity index (χ3v) is 2.31. The van der Waals surface area contributed by atoms with Crippen molar-refractivity contribution < 1.29 is 14.3 Å². The molecule has 0 bridgehead atoms. The van der Waals surface area contributed by atoms with Crippen molar-refractivity contribution in [3.8, 4) is 0 Å². The first-order valence-corrected chi connectivity index (χ1v) is 5.16. The van der Waals surface area contributed by atoms with E-state index in [1.165, 1.54) is 0 Å². The summed E-state index contributed by atoms with van der Waals surface area (Å²) in [6.45, 7) is 1.38. The summed E-state index contributed by atoms with van der Waals surface area (Å²) in [5.74, 6) is -1.54. The molecule has 0 aromatic carbocycles. The topological polar surface area (TPSA) is 56.7 Å². The van der Waals surface area contributed by atoms with Gasteiger partial charge in [-0.1, -0.05) is 0 Å². The van der Waals surface area contributed by atoms with Crippen molar-refractivity contribution >= 4 is 11.8 Å². The van der Waals surface area contributed by atoms with Gasteiger partial charge in [0.15, 0.2) is 0 Å². The molecule has 1 rings (SSSR count). The van der Waals surface area contributed by atoms with Crippen LogP contribution in [0.2, 0.25) is 0 Å². The van der Waals surface area contributed by atoms with Gasteiger partial charge in [0.25, 0.3) is 0 Å². The molecule has 0 spiro atoms. The lowest BCUT2D eigenvalue weighted by Crippen LogP contribution is -2.30. The predicted molar refractivity (Wildman–Crippen MR) is 63.0 cm³/mol. The van der Waals surface area contributed by atoms with Crippen molar-refractivity contribution in [1.29, 1.82) is 0 Å². The molecule has 0 aliphatic rings. The number of hydrogen-bond acceptors (Lipinski definition) is 4. The average Bonchev–Trinajstić information content (AvgIpc) is 2.25. The van der Waals surface area contributed by atoms with Crippen LogP contribution in [-0.4, -0.2) is 55.2 Å². The van der Waals surface area contributed by atoms with Gasteiger partial charge in [0, 0.05) is 20.1 Å². The highest BCUT2D eigenvalue weighted by Gasteiger charge is 2.16. The van der Waals surface area contributed by atoms with Crippen LogP contribution in [0.4, 0.5) is 10.2 Å². The monoisotopic (exact) mass is 241 g/mol. The van der Waals surface area contributed by atoms with E-state index in [0.717, 1.165) is 18.8 Å². The molecule has 0 amide bonds. The van der Waals surface area contributed by atoms with E-state index in [0.29, 0.717) is 6.54 Å². The van der Waals surface area contributed by atoms with Crippen molar-refractivity contribution in [2.24, 2.45) is 0 Å². The maximum atomic E-state index is 12.9. The summed E-state index contributed by atoms with van der Waals surface area (Å²) in [4.78, 5) is 18.5. The number of nitrogens with zero attached hydrogens (tertiary/aromatic N) is 3. The van der Waals surface area contributed by atoms with Crippen molar-refractivity contribution in [3.63, 3.8) is 0 Å². The summed E-state index contributed by atoms with van der Waals surface area (Å²) in [5.41, 5.74) is -0.119. The zero-order valence-corrected chi connectivity index (χ0v) is 10.1. The molecule has 17 heavy (non-hydrogen) atoms. The summed E-state index contributed by atoms with van der Waals surface area (Å²) >= 11 is 0. The largest absolute Gasteiger partial charge is 0.478 e. The highest BCUT2D eigenvalue weighted by Crippen LogP contribution is 2.17. The van der Waals surface area contributed by atoms with Crippen LogP contribution >= 0.6 is 0 Å². The molecule has 1 aromatic rings. The third-order valence-electron chi connectivity index (χ3n) is 2.31. The first-order chi connectivity index (χ1) is 7.91. The molecule has 0 fully saturated rings. The smallest absolute Gasteiger partial charge is 0.339 e. The second-order valence-electron chi connectivity index (χ2n) is 4.05. The molecule has 1 aromatic heterocycles. The zero-order chi connectivity index (χ0) is 13.0. The molecular formula is C11H16FN3O2. The number of carboxylic acid groups (broad SMARTS) is 1. The summed E-state index contributed by atoms with van der Waals surface area (Å²) in [6, 6.07) is 0.983. The minimum atomic E-state index is -1.18. The highest BCUT2D eigenvalue weighted by molar-refractivity contribution is 5.93. The molecule has 0 saturated carbocycles. The SMILES string of the molecule is CN(C)CCN(C)c1ncc(F)cc1C(=O)O. The van der Waals surface area contributed by atoms with Gasteiger partial charge in [0.05, 0.1) is 6.20 Å². The van der Waals surface area contributed by atoms with E-state index >= 15 is 0 Å². The molecular weight excluding hydrogens is 225 g/mol. The Balaban J connectivity index is 2.92. The Kier molecular flexibility index (Phi) is 4.39. The van der Waals surface area contributed by atoms with Crippen molar-refractivity contribution in [1.82, 2.24) is 9.88 Å². The normalized spacial score (nSPS) is 10.6. The molecule has 1 N–H and O–H groups in total. The van der Waals surface area contributed by atoms with Crippen LogP contribution in [0.1, 0.15) is 10.4 Å². The first kappa shape index (κ1) is 13.4. The molecule has 94 valence electrons. The van der Waals surface area contributed by atoms with Crippen LogP contribution in [0.3, 0.4) is 0 Å². The van der Waals surface area contributed by atoms with Crippen LogP contribution in [0.5, 0.6) is 0 Å². The molecule has 5 nitrogen and oxygen atoms in total. The van der Waals surface area contributed by atoms with E-state index < -0.39 is 11.8 Å². The number of likely N-dealkylation sites (N-methyl/N-ethyl adjacent to an activating group) is 2. The number of hydrogen-bond donors (Lipinski definition) is 1. The number of carboxylic acids is 1. The van der Waals surface area contributed by atoms with E-state index in [1.54, 1.807) is 11.9 Å². The molecule has 0 aliphatic heterocycles. The van der Waals surface area contributed by atoms with Gasteiger partial charge in [-0.05, 0) is 20.2 Å². The quantitative estimate of drug-likeness (QED) is 0.830. The van der Waals surface area contributed by atoms with Gasteiger partial charge in [-0.3, -0.25) is 0 Å². The second-order valence-corrected chi connectivity index (χ2v) is 4.05. The van der Waals surface area contributed by atoms with E-state index in [4.69, 9.17) is 5.11 Å². The van der Waals surface area contributed by atoms with Crippen molar-refractivity contribution in [3.05, 3.63) is 23.6 Å². The summed E-state index contributed by atoms with van der Waals surface area (Å²) in [6.07, 6.45) is 1.02. The minimum absolute atomic E-state index is 0.119. The standard InChI is InChI=1S/C11H16FN3O2/c1-14(2)4-5-15(3)10-9(11(16)17)6-8(12)7-13-10/h6-7H,4-5H2,1-3H3,(H,16,17). The number of carbonyl (C=O) groups is 1. The fraction of sp³-hybridized carbons (Fsp3) is 0.455. The van der Waals surface area contributed by atoms with Gasteiger partial charge in [-0.2, -0.15) is 0 Å². The fourth-order valence-electron chi connectivity index (χ4n) is 1.35. The number of pyridine rings is 1. The second kappa shape index (κ2) is 5.58. The summed E-state index contributed by atoms with van der Waals surface area (Å²) in [5, 5.41) is 8.97.